The van der Waals surface area contributed by atoms with Crippen molar-refractivity contribution in [3.63, 3.8) is 0 Å². The van der Waals surface area contributed by atoms with Crippen LogP contribution in [0.2, 0.25) is 0 Å². The summed E-state index contributed by atoms with van der Waals surface area (Å²) < 4.78 is 3.88. The zero-order valence-electron chi connectivity index (χ0n) is 14.5. The van der Waals surface area contributed by atoms with Gasteiger partial charge in [-0.3, -0.25) is 10.00 Å². The molecule has 1 saturated heterocycles. The molecular formula is C16H25N7O. The molecule has 1 N–H and O–H groups in total. The van der Waals surface area contributed by atoms with Crippen molar-refractivity contribution in [2.75, 3.05) is 18.4 Å². The summed E-state index contributed by atoms with van der Waals surface area (Å²) in [6, 6.07) is 2.00. The molecule has 8 heteroatoms. The fourth-order valence-corrected chi connectivity index (χ4v) is 3.08. The molecule has 130 valence electrons. The number of rotatable bonds is 4. The molecule has 1 atom stereocenters. The van der Waals surface area contributed by atoms with E-state index < -0.39 is 0 Å². The quantitative estimate of drug-likeness (QED) is 0.933. The lowest BCUT2D eigenvalue weighted by Crippen LogP contribution is -2.42. The Labute approximate surface area is 141 Å². The van der Waals surface area contributed by atoms with Gasteiger partial charge in [0.2, 0.25) is 0 Å². The molecule has 0 spiro atoms. The molecule has 0 aromatic carbocycles. The number of nitrogens with one attached hydrogen (secondary N) is 1. The van der Waals surface area contributed by atoms with Crippen LogP contribution in [-0.2, 0) is 6.54 Å². The summed E-state index contributed by atoms with van der Waals surface area (Å²) in [5.74, 6) is 1.80. The van der Waals surface area contributed by atoms with Crippen LogP contribution in [0.1, 0.15) is 51.4 Å². The number of aromatic nitrogens is 5. The summed E-state index contributed by atoms with van der Waals surface area (Å²) in [5.41, 5.74) is 0. The molecule has 2 aromatic rings. The molecular weight excluding hydrogens is 306 g/mol. The van der Waals surface area contributed by atoms with E-state index in [0.29, 0.717) is 12.4 Å². The van der Waals surface area contributed by atoms with E-state index in [1.54, 1.807) is 6.33 Å². The maximum atomic E-state index is 12.5. The largest absolute Gasteiger partial charge is 0.324 e. The summed E-state index contributed by atoms with van der Waals surface area (Å²) in [5, 5.41) is 15.5. The molecule has 8 nitrogen and oxygen atoms in total. The molecule has 2 amide bonds. The number of carbonyl (C=O) groups is 1. The highest BCUT2D eigenvalue weighted by Gasteiger charge is 2.28. The van der Waals surface area contributed by atoms with Crippen LogP contribution >= 0.6 is 0 Å². The molecule has 3 heterocycles. The summed E-state index contributed by atoms with van der Waals surface area (Å²) in [4.78, 5) is 14.4. The molecule has 0 radical (unpaired) electrons. The Morgan fingerprint density at radius 2 is 2.29 bits per heavy atom. The van der Waals surface area contributed by atoms with E-state index in [1.165, 1.54) is 0 Å². The van der Waals surface area contributed by atoms with Gasteiger partial charge in [0, 0.05) is 43.9 Å². The highest BCUT2D eigenvalue weighted by atomic mass is 16.2. The minimum absolute atomic E-state index is 0.101. The second-order valence-electron chi connectivity index (χ2n) is 6.47. The van der Waals surface area contributed by atoms with Crippen LogP contribution in [0.3, 0.4) is 0 Å². The van der Waals surface area contributed by atoms with Crippen molar-refractivity contribution < 1.29 is 4.79 Å². The van der Waals surface area contributed by atoms with Gasteiger partial charge in [-0.15, -0.1) is 10.2 Å². The lowest BCUT2D eigenvalue weighted by atomic mass is 9.97. The predicted molar refractivity (Wildman–Crippen MR) is 90.9 cm³/mol. The number of hydrogen-bond donors (Lipinski definition) is 1. The van der Waals surface area contributed by atoms with Gasteiger partial charge in [0.05, 0.1) is 0 Å². The lowest BCUT2D eigenvalue weighted by molar-refractivity contribution is 0.190. The van der Waals surface area contributed by atoms with Gasteiger partial charge in [-0.1, -0.05) is 0 Å². The second-order valence-corrected chi connectivity index (χ2v) is 6.47. The molecule has 0 aliphatic carbocycles. The number of piperidine rings is 1. The molecule has 0 bridgehead atoms. The fraction of sp³-hybridized carbons (Fsp3) is 0.625. The Morgan fingerprint density at radius 3 is 3.00 bits per heavy atom. The Hall–Kier alpha value is -2.38. The average Bonchev–Trinajstić information content (AvgIpc) is 3.23. The second kappa shape index (κ2) is 7.02. The van der Waals surface area contributed by atoms with E-state index >= 15 is 0 Å². The van der Waals surface area contributed by atoms with E-state index in [0.717, 1.165) is 31.8 Å². The van der Waals surface area contributed by atoms with Crippen molar-refractivity contribution in [3.05, 3.63) is 24.4 Å². The highest BCUT2D eigenvalue weighted by molar-refractivity contribution is 5.88. The van der Waals surface area contributed by atoms with Gasteiger partial charge in [0.25, 0.3) is 0 Å². The van der Waals surface area contributed by atoms with Crippen LogP contribution in [0.25, 0.3) is 0 Å². The molecule has 1 aliphatic rings. The molecule has 3 rings (SSSR count). The highest BCUT2D eigenvalue weighted by Crippen LogP contribution is 2.25. The molecule has 2 aromatic heterocycles. The van der Waals surface area contributed by atoms with E-state index in [1.807, 2.05) is 21.8 Å². The Morgan fingerprint density at radius 1 is 1.46 bits per heavy atom. The van der Waals surface area contributed by atoms with Crippen molar-refractivity contribution in [1.29, 1.82) is 0 Å². The lowest BCUT2D eigenvalue weighted by Gasteiger charge is -2.32. The molecule has 0 unspecified atom stereocenters. The third kappa shape index (κ3) is 3.42. The SMILES string of the molecule is CCn1cnnc1[C@H]1CCCN(C(=O)Nc2ccn(C(C)C)n2)C1. The third-order valence-electron chi connectivity index (χ3n) is 4.43. The van der Waals surface area contributed by atoms with Crippen molar-refractivity contribution in [2.45, 2.75) is 52.1 Å². The Balaban J connectivity index is 1.64. The topological polar surface area (TPSA) is 80.9 Å². The average molecular weight is 331 g/mol. The zero-order chi connectivity index (χ0) is 17.1. The molecule has 1 fully saturated rings. The van der Waals surface area contributed by atoms with E-state index in [4.69, 9.17) is 0 Å². The van der Waals surface area contributed by atoms with Gasteiger partial charge in [0.15, 0.2) is 5.82 Å². The maximum absolute atomic E-state index is 12.5. The number of anilines is 1. The van der Waals surface area contributed by atoms with Crippen molar-refractivity contribution in [1.82, 2.24) is 29.4 Å². The summed E-state index contributed by atoms with van der Waals surface area (Å²) in [6.45, 7) is 8.45. The first-order valence-electron chi connectivity index (χ1n) is 8.57. The summed E-state index contributed by atoms with van der Waals surface area (Å²) in [6.07, 6.45) is 5.63. The zero-order valence-corrected chi connectivity index (χ0v) is 14.5. The minimum atomic E-state index is -0.101. The van der Waals surface area contributed by atoms with E-state index in [-0.39, 0.29) is 18.0 Å². The van der Waals surface area contributed by atoms with Crippen molar-refractivity contribution >= 4 is 11.8 Å². The van der Waals surface area contributed by atoms with Crippen LogP contribution in [0, 0.1) is 0 Å². The normalized spacial score (nSPS) is 18.2. The molecule has 0 saturated carbocycles. The van der Waals surface area contributed by atoms with Gasteiger partial charge in [-0.2, -0.15) is 5.10 Å². The first-order valence-corrected chi connectivity index (χ1v) is 8.57. The first-order chi connectivity index (χ1) is 11.6. The summed E-state index contributed by atoms with van der Waals surface area (Å²) in [7, 11) is 0. The number of aryl methyl sites for hydroxylation is 1. The van der Waals surface area contributed by atoms with Crippen molar-refractivity contribution in [2.24, 2.45) is 0 Å². The number of nitrogens with zero attached hydrogens (tertiary/aromatic N) is 6. The van der Waals surface area contributed by atoms with Crippen molar-refractivity contribution in [3.8, 4) is 0 Å². The van der Waals surface area contributed by atoms with Crippen LogP contribution in [0.15, 0.2) is 18.6 Å². The summed E-state index contributed by atoms with van der Waals surface area (Å²) >= 11 is 0. The number of likely N-dealkylation sites (tertiary alicyclic amines) is 1. The van der Waals surface area contributed by atoms with Crippen LogP contribution < -0.4 is 5.32 Å². The predicted octanol–water partition coefficient (Wildman–Crippen LogP) is 2.49. The Kier molecular flexibility index (Phi) is 4.82. The monoisotopic (exact) mass is 331 g/mol. The van der Waals surface area contributed by atoms with Gasteiger partial charge >= 0.3 is 6.03 Å². The third-order valence-corrected chi connectivity index (χ3v) is 4.43. The van der Waals surface area contributed by atoms with E-state index in [9.17, 15) is 4.79 Å². The molecule has 24 heavy (non-hydrogen) atoms. The number of amides is 2. The Bertz CT molecular complexity index is 690. The van der Waals surface area contributed by atoms with Crippen LogP contribution in [-0.4, -0.2) is 48.6 Å². The minimum Gasteiger partial charge on any atom is -0.324 e. The number of urea groups is 1. The van der Waals surface area contributed by atoms with Gasteiger partial charge in [-0.25, -0.2) is 4.79 Å². The van der Waals surface area contributed by atoms with Gasteiger partial charge in [0.1, 0.15) is 12.2 Å². The standard InChI is InChI=1S/C16H25N7O/c1-4-21-11-17-19-15(21)13-6-5-8-22(10-13)16(24)18-14-7-9-23(20-14)12(2)3/h7,9,11-13H,4-6,8,10H2,1-3H3,(H,18,20,24)/t13-/m0/s1. The van der Waals surface area contributed by atoms with Gasteiger partial charge < -0.3 is 9.47 Å². The van der Waals surface area contributed by atoms with E-state index in [2.05, 4.69) is 46.0 Å². The number of carbonyl (C=O) groups excluding carboxylic acids is 1. The smallest absolute Gasteiger partial charge is 0.323 e. The maximum Gasteiger partial charge on any atom is 0.323 e. The molecule has 1 aliphatic heterocycles. The van der Waals surface area contributed by atoms with Gasteiger partial charge in [-0.05, 0) is 33.6 Å². The van der Waals surface area contributed by atoms with Crippen LogP contribution in [0.4, 0.5) is 10.6 Å². The number of hydrogen-bond acceptors (Lipinski definition) is 4. The van der Waals surface area contributed by atoms with Crippen LogP contribution in [0.5, 0.6) is 0 Å². The fourth-order valence-electron chi connectivity index (χ4n) is 3.08. The first kappa shape index (κ1) is 16.5.